The van der Waals surface area contributed by atoms with Crippen LogP contribution in [0.5, 0.6) is 0 Å². The van der Waals surface area contributed by atoms with Gasteiger partial charge in [0.2, 0.25) is 10.0 Å². The van der Waals surface area contributed by atoms with Crippen LogP contribution in [0.4, 0.5) is 0 Å². The molecular formula is C14H28N4O2S. The Morgan fingerprint density at radius 1 is 1.33 bits per heavy atom. The van der Waals surface area contributed by atoms with Crippen molar-refractivity contribution in [3.05, 3.63) is 18.0 Å². The molecule has 0 aliphatic carbocycles. The number of hydrogen-bond acceptors (Lipinski definition) is 4. The molecule has 1 aromatic rings. The lowest BCUT2D eigenvalue weighted by Gasteiger charge is -2.11. The highest BCUT2D eigenvalue weighted by molar-refractivity contribution is 7.89. The van der Waals surface area contributed by atoms with Gasteiger partial charge in [-0.05, 0) is 53.4 Å². The van der Waals surface area contributed by atoms with Crippen LogP contribution in [0.3, 0.4) is 0 Å². The smallest absolute Gasteiger partial charge is 0.242 e. The monoisotopic (exact) mass is 316 g/mol. The van der Waals surface area contributed by atoms with Gasteiger partial charge in [0, 0.05) is 31.0 Å². The van der Waals surface area contributed by atoms with Crippen LogP contribution in [0.1, 0.15) is 38.4 Å². The zero-order chi connectivity index (χ0) is 16.0. The molecule has 0 fully saturated rings. The first-order valence-electron chi connectivity index (χ1n) is 7.33. The van der Waals surface area contributed by atoms with E-state index in [0.29, 0.717) is 18.0 Å². The summed E-state index contributed by atoms with van der Waals surface area (Å²) in [7, 11) is 0.568. The number of nitrogens with two attached hydrogens (primary N) is 1. The summed E-state index contributed by atoms with van der Waals surface area (Å²) in [6.07, 6.45) is 3.46. The molecule has 0 unspecified atom stereocenters. The Bertz CT molecular complexity index is 535. The zero-order valence-electron chi connectivity index (χ0n) is 13.5. The lowest BCUT2D eigenvalue weighted by atomic mass is 10.3. The molecule has 1 rings (SSSR count). The van der Waals surface area contributed by atoms with Crippen LogP contribution < -0.4 is 10.5 Å². The van der Waals surface area contributed by atoms with Crippen molar-refractivity contribution >= 4 is 10.0 Å². The lowest BCUT2D eigenvalue weighted by molar-refractivity contribution is 0.394. The third kappa shape index (κ3) is 5.43. The summed E-state index contributed by atoms with van der Waals surface area (Å²) in [5, 5.41) is 0. The van der Waals surface area contributed by atoms with E-state index in [1.807, 2.05) is 32.5 Å². The van der Waals surface area contributed by atoms with Crippen molar-refractivity contribution in [2.75, 3.05) is 27.2 Å². The van der Waals surface area contributed by atoms with E-state index >= 15 is 0 Å². The number of hydrogen-bond donors (Lipinski definition) is 2. The Morgan fingerprint density at radius 3 is 2.48 bits per heavy atom. The Labute approximate surface area is 128 Å². The zero-order valence-corrected chi connectivity index (χ0v) is 14.3. The number of sulfonamides is 1. The SMILES string of the molecule is CC(C)n1cc(S(=O)(=O)NCCCCN(C)C)cc1CN. The van der Waals surface area contributed by atoms with E-state index in [2.05, 4.69) is 9.62 Å². The topological polar surface area (TPSA) is 80.4 Å². The quantitative estimate of drug-likeness (QED) is 0.670. The number of nitrogens with zero attached hydrogens (tertiary/aromatic N) is 2. The third-order valence-electron chi connectivity index (χ3n) is 3.31. The molecule has 0 atom stereocenters. The van der Waals surface area contributed by atoms with Crippen molar-refractivity contribution < 1.29 is 8.42 Å². The molecule has 0 aliphatic heterocycles. The first kappa shape index (κ1) is 18.2. The van der Waals surface area contributed by atoms with Crippen molar-refractivity contribution in [1.82, 2.24) is 14.2 Å². The predicted molar refractivity (Wildman–Crippen MR) is 85.7 cm³/mol. The second-order valence-electron chi connectivity index (χ2n) is 5.78. The van der Waals surface area contributed by atoms with Crippen molar-refractivity contribution in [3.8, 4) is 0 Å². The maximum absolute atomic E-state index is 12.3. The summed E-state index contributed by atoms with van der Waals surface area (Å²) in [6.45, 7) is 5.76. The fourth-order valence-electron chi connectivity index (χ4n) is 2.13. The molecule has 122 valence electrons. The fraction of sp³-hybridized carbons (Fsp3) is 0.714. The van der Waals surface area contributed by atoms with E-state index in [1.54, 1.807) is 12.3 Å². The van der Waals surface area contributed by atoms with E-state index < -0.39 is 10.0 Å². The molecule has 21 heavy (non-hydrogen) atoms. The normalized spacial score (nSPS) is 12.5. The number of unbranched alkanes of at least 4 members (excludes halogenated alkanes) is 1. The van der Waals surface area contributed by atoms with Crippen molar-refractivity contribution in [2.24, 2.45) is 5.73 Å². The summed E-state index contributed by atoms with van der Waals surface area (Å²) in [4.78, 5) is 2.38. The standard InChI is InChI=1S/C14H28N4O2S/c1-12(2)18-11-14(9-13(18)10-15)21(19,20)16-7-5-6-8-17(3)4/h9,11-12,16H,5-8,10,15H2,1-4H3. The van der Waals surface area contributed by atoms with Gasteiger partial charge in [-0.3, -0.25) is 0 Å². The summed E-state index contributed by atoms with van der Waals surface area (Å²) in [6, 6.07) is 1.84. The third-order valence-corrected chi connectivity index (χ3v) is 4.73. The Morgan fingerprint density at radius 2 is 2.00 bits per heavy atom. The molecule has 0 bridgehead atoms. The fourth-order valence-corrected chi connectivity index (χ4v) is 3.25. The molecule has 1 aromatic heterocycles. The Hall–Kier alpha value is -0.890. The first-order chi connectivity index (χ1) is 9.77. The largest absolute Gasteiger partial charge is 0.346 e. The van der Waals surface area contributed by atoms with E-state index in [1.165, 1.54) is 0 Å². The molecule has 0 aromatic carbocycles. The molecule has 0 aliphatic rings. The van der Waals surface area contributed by atoms with Crippen LogP contribution >= 0.6 is 0 Å². The maximum Gasteiger partial charge on any atom is 0.242 e. The average molecular weight is 316 g/mol. The van der Waals surface area contributed by atoms with Crippen LogP contribution in [-0.4, -0.2) is 45.1 Å². The lowest BCUT2D eigenvalue weighted by Crippen LogP contribution is -2.25. The van der Waals surface area contributed by atoms with Gasteiger partial charge >= 0.3 is 0 Å². The van der Waals surface area contributed by atoms with Gasteiger partial charge in [-0.25, -0.2) is 13.1 Å². The number of aromatic nitrogens is 1. The predicted octanol–water partition coefficient (Wildman–Crippen LogP) is 1.15. The molecule has 0 amide bonds. The summed E-state index contributed by atoms with van der Waals surface area (Å²) in [5.41, 5.74) is 6.50. The van der Waals surface area contributed by atoms with Gasteiger partial charge in [-0.2, -0.15) is 0 Å². The molecule has 3 N–H and O–H groups in total. The molecule has 0 spiro atoms. The molecule has 1 heterocycles. The minimum Gasteiger partial charge on any atom is -0.346 e. The maximum atomic E-state index is 12.3. The minimum absolute atomic E-state index is 0.188. The van der Waals surface area contributed by atoms with Gasteiger partial charge in [0.25, 0.3) is 0 Å². The van der Waals surface area contributed by atoms with Gasteiger partial charge in [0.05, 0.1) is 4.90 Å². The highest BCUT2D eigenvalue weighted by Crippen LogP contribution is 2.18. The first-order valence-corrected chi connectivity index (χ1v) is 8.81. The molecule has 6 nitrogen and oxygen atoms in total. The van der Waals surface area contributed by atoms with Gasteiger partial charge in [0.15, 0.2) is 0 Å². The molecule has 0 radical (unpaired) electrons. The van der Waals surface area contributed by atoms with E-state index in [-0.39, 0.29) is 6.04 Å². The molecule has 7 heteroatoms. The summed E-state index contributed by atoms with van der Waals surface area (Å²) in [5.74, 6) is 0. The van der Waals surface area contributed by atoms with Gasteiger partial charge < -0.3 is 15.2 Å². The Balaban J connectivity index is 2.66. The van der Waals surface area contributed by atoms with Crippen LogP contribution in [0.25, 0.3) is 0 Å². The second kappa shape index (κ2) is 7.93. The van der Waals surface area contributed by atoms with Crippen molar-refractivity contribution in [3.63, 3.8) is 0 Å². The van der Waals surface area contributed by atoms with Crippen molar-refractivity contribution in [2.45, 2.75) is 44.2 Å². The van der Waals surface area contributed by atoms with Crippen LogP contribution in [0.15, 0.2) is 17.2 Å². The van der Waals surface area contributed by atoms with Crippen LogP contribution in [-0.2, 0) is 16.6 Å². The second-order valence-corrected chi connectivity index (χ2v) is 7.55. The van der Waals surface area contributed by atoms with Gasteiger partial charge in [-0.1, -0.05) is 0 Å². The van der Waals surface area contributed by atoms with Gasteiger partial charge in [0.1, 0.15) is 0 Å². The molecular weight excluding hydrogens is 288 g/mol. The molecule has 0 saturated carbocycles. The highest BCUT2D eigenvalue weighted by atomic mass is 32.2. The Kier molecular flexibility index (Phi) is 6.86. The highest BCUT2D eigenvalue weighted by Gasteiger charge is 2.18. The average Bonchev–Trinajstić information content (AvgIpc) is 2.82. The van der Waals surface area contributed by atoms with E-state index in [9.17, 15) is 8.42 Å². The minimum atomic E-state index is -3.45. The van der Waals surface area contributed by atoms with E-state index in [4.69, 9.17) is 5.73 Å². The van der Waals surface area contributed by atoms with Crippen molar-refractivity contribution in [1.29, 1.82) is 0 Å². The van der Waals surface area contributed by atoms with Crippen LogP contribution in [0, 0.1) is 0 Å². The van der Waals surface area contributed by atoms with Gasteiger partial charge in [-0.15, -0.1) is 0 Å². The number of rotatable bonds is 9. The summed E-state index contributed by atoms with van der Waals surface area (Å²) < 4.78 is 29.1. The number of nitrogens with one attached hydrogen (secondary N) is 1. The molecule has 0 saturated heterocycles. The van der Waals surface area contributed by atoms with Crippen LogP contribution in [0.2, 0.25) is 0 Å². The summed E-state index contributed by atoms with van der Waals surface area (Å²) >= 11 is 0. The van der Waals surface area contributed by atoms with E-state index in [0.717, 1.165) is 25.1 Å².